The van der Waals surface area contributed by atoms with Crippen LogP contribution in [0.4, 0.5) is 18.9 Å². The van der Waals surface area contributed by atoms with Crippen LogP contribution in [0.15, 0.2) is 48.8 Å². The van der Waals surface area contributed by atoms with Crippen LogP contribution in [-0.2, 0) is 4.74 Å². The minimum Gasteiger partial charge on any atom is -0.390 e. The summed E-state index contributed by atoms with van der Waals surface area (Å²) in [5.41, 5.74) is -0.974. The molecule has 0 radical (unpaired) electrons. The molecule has 0 aliphatic carbocycles. The average Bonchev–Trinajstić information content (AvgIpc) is 2.82. The number of hydrogen-bond acceptors (Lipinski definition) is 6. The Bertz CT molecular complexity index is 1200. The summed E-state index contributed by atoms with van der Waals surface area (Å²) < 4.78 is 48.4. The second kappa shape index (κ2) is 10.1. The number of ether oxygens (including phenoxy) is 1. The zero-order valence-corrected chi connectivity index (χ0v) is 18.2. The number of carbonyl (C=O) groups is 1. The molecule has 1 fully saturated rings. The molecule has 0 spiro atoms. The molecule has 0 bridgehead atoms. The minimum absolute atomic E-state index is 0.0347. The number of hydrogen-bond donors (Lipinski definition) is 3. The minimum atomic E-state index is -1.16. The number of carbonyl (C=O) groups excluding carboxylic acids is 1. The van der Waals surface area contributed by atoms with Gasteiger partial charge in [-0.1, -0.05) is 6.07 Å². The maximum atomic E-state index is 14.3. The lowest BCUT2D eigenvalue weighted by molar-refractivity contribution is -0.162. The first kappa shape index (κ1) is 24.1. The molecule has 2 aromatic heterocycles. The first-order chi connectivity index (χ1) is 16.3. The molecule has 4 atom stereocenters. The molecule has 3 N–H and O–H groups in total. The van der Waals surface area contributed by atoms with Crippen LogP contribution in [-0.4, -0.2) is 50.3 Å². The highest BCUT2D eigenvalue weighted by atomic mass is 35.5. The maximum absolute atomic E-state index is 14.3. The van der Waals surface area contributed by atoms with E-state index in [0.29, 0.717) is 5.56 Å². The Hall–Kier alpha value is -3.05. The zero-order chi connectivity index (χ0) is 24.4. The van der Waals surface area contributed by atoms with Gasteiger partial charge in [0.15, 0.2) is 0 Å². The molecule has 34 heavy (non-hydrogen) atoms. The predicted octanol–water partition coefficient (Wildman–Crippen LogP) is 3.60. The van der Waals surface area contributed by atoms with Gasteiger partial charge in [-0.2, -0.15) is 0 Å². The summed E-state index contributed by atoms with van der Waals surface area (Å²) in [7, 11) is 0. The van der Waals surface area contributed by atoms with Gasteiger partial charge in [-0.3, -0.25) is 9.78 Å². The van der Waals surface area contributed by atoms with Gasteiger partial charge in [0.1, 0.15) is 41.0 Å². The number of rotatable bonds is 5. The summed E-state index contributed by atoms with van der Waals surface area (Å²) >= 11 is 5.83. The Morgan fingerprint density at radius 2 is 1.85 bits per heavy atom. The molecule has 1 saturated heterocycles. The summed E-state index contributed by atoms with van der Waals surface area (Å²) in [4.78, 5) is 20.7. The van der Waals surface area contributed by atoms with Crippen molar-refractivity contribution in [3.8, 4) is 11.3 Å². The van der Waals surface area contributed by atoms with Gasteiger partial charge in [0.05, 0.1) is 35.5 Å². The van der Waals surface area contributed by atoms with Crippen molar-refractivity contribution < 1.29 is 32.9 Å². The molecular formula is C23H19ClF3N3O4. The molecule has 11 heteroatoms. The Kier molecular flexibility index (Phi) is 7.13. The lowest BCUT2D eigenvalue weighted by atomic mass is 9.94. The van der Waals surface area contributed by atoms with Crippen LogP contribution in [0.3, 0.4) is 0 Å². The molecule has 178 valence electrons. The van der Waals surface area contributed by atoms with Crippen LogP contribution >= 0.6 is 11.6 Å². The second-order valence-corrected chi connectivity index (χ2v) is 7.96. The molecule has 3 heterocycles. The van der Waals surface area contributed by atoms with Gasteiger partial charge < -0.3 is 20.3 Å². The van der Waals surface area contributed by atoms with E-state index in [9.17, 15) is 28.2 Å². The highest BCUT2D eigenvalue weighted by Crippen LogP contribution is 2.36. The van der Waals surface area contributed by atoms with Crippen molar-refractivity contribution in [3.63, 3.8) is 0 Å². The van der Waals surface area contributed by atoms with E-state index < -0.39 is 59.0 Å². The Morgan fingerprint density at radius 3 is 2.56 bits per heavy atom. The van der Waals surface area contributed by atoms with E-state index in [4.69, 9.17) is 16.3 Å². The molecule has 1 aliphatic heterocycles. The van der Waals surface area contributed by atoms with E-state index in [0.717, 1.165) is 30.3 Å². The van der Waals surface area contributed by atoms with Gasteiger partial charge in [-0.05, 0) is 30.3 Å². The van der Waals surface area contributed by atoms with Crippen molar-refractivity contribution in [1.29, 1.82) is 0 Å². The number of benzene rings is 1. The normalized spacial score (nSPS) is 22.4. The Labute approximate surface area is 197 Å². The van der Waals surface area contributed by atoms with Crippen LogP contribution in [0.5, 0.6) is 0 Å². The summed E-state index contributed by atoms with van der Waals surface area (Å²) in [6.45, 7) is 0. The summed E-state index contributed by atoms with van der Waals surface area (Å²) in [5.74, 6) is -3.91. The third-order valence-corrected chi connectivity index (χ3v) is 5.75. The quantitative estimate of drug-likeness (QED) is 0.469. The second-order valence-electron chi connectivity index (χ2n) is 7.65. The van der Waals surface area contributed by atoms with Crippen LogP contribution < -0.4 is 5.32 Å². The van der Waals surface area contributed by atoms with Crippen molar-refractivity contribution >= 4 is 23.2 Å². The highest BCUT2D eigenvalue weighted by Gasteiger charge is 2.37. The van der Waals surface area contributed by atoms with Gasteiger partial charge in [0.2, 0.25) is 0 Å². The third-order valence-electron chi connectivity index (χ3n) is 5.45. The van der Waals surface area contributed by atoms with Crippen LogP contribution in [0, 0.1) is 17.5 Å². The van der Waals surface area contributed by atoms with Crippen molar-refractivity contribution in [1.82, 2.24) is 9.97 Å². The van der Waals surface area contributed by atoms with Gasteiger partial charge in [-0.25, -0.2) is 18.2 Å². The van der Waals surface area contributed by atoms with Crippen molar-refractivity contribution in [2.24, 2.45) is 0 Å². The standard InChI is InChI=1S/C23H19ClF3N3O4/c24-9-19-22(32)17(31)8-18(34-19)11-6-7-28-10-16(11)30-23(33)15-5-4-14(27)21(29-15)20-12(25)2-1-3-13(20)26/h1-7,10,17-19,22,31-32H,8-9H2,(H,30,33). The first-order valence-electron chi connectivity index (χ1n) is 10.2. The third kappa shape index (κ3) is 4.76. The molecule has 1 amide bonds. The number of anilines is 1. The van der Waals surface area contributed by atoms with E-state index in [1.54, 1.807) is 6.07 Å². The molecule has 4 rings (SSSR count). The molecule has 0 saturated carbocycles. The first-order valence-corrected chi connectivity index (χ1v) is 10.8. The number of aliphatic hydroxyl groups excluding tert-OH is 2. The fraction of sp³-hybridized carbons (Fsp3) is 0.261. The van der Waals surface area contributed by atoms with Crippen molar-refractivity contribution in [3.05, 3.63) is 77.5 Å². The number of alkyl halides is 1. The topological polar surface area (TPSA) is 105 Å². The number of pyridine rings is 2. The Balaban J connectivity index is 1.63. The number of nitrogens with zero attached hydrogens (tertiary/aromatic N) is 2. The van der Waals surface area contributed by atoms with E-state index in [-0.39, 0.29) is 23.7 Å². The number of aliphatic hydroxyl groups is 2. The van der Waals surface area contributed by atoms with Gasteiger partial charge in [-0.15, -0.1) is 11.6 Å². The lowest BCUT2D eigenvalue weighted by Gasteiger charge is -2.37. The van der Waals surface area contributed by atoms with Gasteiger partial charge in [0, 0.05) is 18.2 Å². The number of aromatic nitrogens is 2. The molecular weight excluding hydrogens is 475 g/mol. The Morgan fingerprint density at radius 1 is 1.12 bits per heavy atom. The van der Waals surface area contributed by atoms with E-state index in [1.165, 1.54) is 12.4 Å². The van der Waals surface area contributed by atoms with Crippen LogP contribution in [0.2, 0.25) is 0 Å². The van der Waals surface area contributed by atoms with E-state index in [2.05, 4.69) is 15.3 Å². The summed E-state index contributed by atoms with van der Waals surface area (Å²) in [6.07, 6.45) is -0.979. The average molecular weight is 494 g/mol. The monoisotopic (exact) mass is 493 g/mol. The summed E-state index contributed by atoms with van der Waals surface area (Å²) in [5, 5.41) is 22.8. The smallest absolute Gasteiger partial charge is 0.274 e. The molecule has 1 aromatic carbocycles. The summed E-state index contributed by atoms with van der Waals surface area (Å²) in [6, 6.07) is 6.57. The number of nitrogens with one attached hydrogen (secondary N) is 1. The molecule has 3 aromatic rings. The lowest BCUT2D eigenvalue weighted by Crippen LogP contribution is -2.46. The fourth-order valence-electron chi connectivity index (χ4n) is 3.73. The van der Waals surface area contributed by atoms with E-state index >= 15 is 0 Å². The predicted molar refractivity (Wildman–Crippen MR) is 117 cm³/mol. The van der Waals surface area contributed by atoms with E-state index in [1.807, 2.05) is 0 Å². The number of amides is 1. The van der Waals surface area contributed by atoms with Gasteiger partial charge >= 0.3 is 0 Å². The number of halogens is 4. The van der Waals surface area contributed by atoms with Crippen molar-refractivity contribution in [2.75, 3.05) is 11.2 Å². The maximum Gasteiger partial charge on any atom is 0.274 e. The molecule has 1 aliphatic rings. The highest BCUT2D eigenvalue weighted by molar-refractivity contribution is 6.18. The molecule has 4 unspecified atom stereocenters. The van der Waals surface area contributed by atoms with Gasteiger partial charge in [0.25, 0.3) is 5.91 Å². The zero-order valence-electron chi connectivity index (χ0n) is 17.5. The van der Waals surface area contributed by atoms with Crippen LogP contribution in [0.1, 0.15) is 28.6 Å². The largest absolute Gasteiger partial charge is 0.390 e. The SMILES string of the molecule is O=C(Nc1cnccc1C1CC(O)C(O)C(CCl)O1)c1ccc(F)c(-c2c(F)cccc2F)n1. The molecule has 7 nitrogen and oxygen atoms in total. The fourth-order valence-corrected chi connectivity index (χ4v) is 3.98. The van der Waals surface area contributed by atoms with Crippen molar-refractivity contribution in [2.45, 2.75) is 30.8 Å². The van der Waals surface area contributed by atoms with Crippen LogP contribution in [0.25, 0.3) is 11.3 Å².